The van der Waals surface area contributed by atoms with Gasteiger partial charge in [0, 0.05) is 17.6 Å². The smallest absolute Gasteiger partial charge is 0.259 e. The van der Waals surface area contributed by atoms with Crippen LogP contribution in [0.4, 0.5) is 0 Å². The third-order valence-corrected chi connectivity index (χ3v) is 6.13. The van der Waals surface area contributed by atoms with E-state index in [2.05, 4.69) is 43.0 Å². The third-order valence-electron chi connectivity index (χ3n) is 3.32. The number of nitrogens with zero attached hydrogens (tertiary/aromatic N) is 1. The number of amides is 1. The van der Waals surface area contributed by atoms with Crippen molar-refractivity contribution in [2.75, 3.05) is 19.3 Å². The van der Waals surface area contributed by atoms with Crippen molar-refractivity contribution in [3.63, 3.8) is 0 Å². The summed E-state index contributed by atoms with van der Waals surface area (Å²) in [6.07, 6.45) is 2.06. The molecular formula is C16H25BrNO2S+. The number of halogens is 1. The van der Waals surface area contributed by atoms with E-state index in [0.29, 0.717) is 24.4 Å². The van der Waals surface area contributed by atoms with Crippen LogP contribution in [0, 0.1) is 0 Å². The van der Waals surface area contributed by atoms with E-state index in [1.54, 1.807) is 4.90 Å². The van der Waals surface area contributed by atoms with Crippen LogP contribution in [0.25, 0.3) is 0 Å². The number of carbonyl (C=O) groups is 1. The monoisotopic (exact) mass is 374 g/mol. The standard InChI is InChI=1S/C16H25BrNO2S/c1-7-18(8-2)15(19)14-12(17)10-9-11-13(14)20-21(6)16(3,4)5/h9-11H,7-8H2,1-6H3/q+1. The van der Waals surface area contributed by atoms with E-state index in [1.165, 1.54) is 0 Å². The van der Waals surface area contributed by atoms with Crippen molar-refractivity contribution in [2.45, 2.75) is 39.4 Å². The van der Waals surface area contributed by atoms with Gasteiger partial charge in [0.2, 0.25) is 5.75 Å². The molecule has 1 aromatic rings. The Hall–Kier alpha value is -0.680. The molecule has 118 valence electrons. The minimum atomic E-state index is -0.282. The third kappa shape index (κ3) is 4.65. The summed E-state index contributed by atoms with van der Waals surface area (Å²) in [5.41, 5.74) is 0.616. The molecule has 1 rings (SSSR count). The van der Waals surface area contributed by atoms with E-state index >= 15 is 0 Å². The van der Waals surface area contributed by atoms with Crippen molar-refractivity contribution in [1.82, 2.24) is 4.90 Å². The van der Waals surface area contributed by atoms with E-state index < -0.39 is 0 Å². The van der Waals surface area contributed by atoms with Crippen molar-refractivity contribution in [1.29, 1.82) is 0 Å². The Morgan fingerprint density at radius 2 is 1.86 bits per heavy atom. The van der Waals surface area contributed by atoms with Crippen molar-refractivity contribution in [2.24, 2.45) is 0 Å². The van der Waals surface area contributed by atoms with Gasteiger partial charge in [-0.05, 0) is 62.7 Å². The van der Waals surface area contributed by atoms with Gasteiger partial charge in [-0.15, -0.1) is 0 Å². The molecule has 0 aromatic heterocycles. The van der Waals surface area contributed by atoms with Crippen molar-refractivity contribution < 1.29 is 8.98 Å². The Morgan fingerprint density at radius 3 is 2.33 bits per heavy atom. The second kappa shape index (κ2) is 7.54. The van der Waals surface area contributed by atoms with Crippen LogP contribution < -0.4 is 4.18 Å². The molecule has 1 amide bonds. The van der Waals surface area contributed by atoms with Crippen LogP contribution >= 0.6 is 15.9 Å². The second-order valence-electron chi connectivity index (χ2n) is 5.74. The highest BCUT2D eigenvalue weighted by molar-refractivity contribution is 9.10. The van der Waals surface area contributed by atoms with Crippen LogP contribution in [0.5, 0.6) is 5.75 Å². The molecule has 0 aliphatic rings. The first-order valence-electron chi connectivity index (χ1n) is 7.14. The molecule has 1 atom stereocenters. The van der Waals surface area contributed by atoms with E-state index in [1.807, 2.05) is 32.0 Å². The molecule has 3 nitrogen and oxygen atoms in total. The maximum atomic E-state index is 12.7. The summed E-state index contributed by atoms with van der Waals surface area (Å²) in [6, 6.07) is 5.66. The zero-order valence-corrected chi connectivity index (χ0v) is 16.1. The maximum Gasteiger partial charge on any atom is 0.259 e. The first-order chi connectivity index (χ1) is 9.72. The average Bonchev–Trinajstić information content (AvgIpc) is 2.39. The molecule has 1 aromatic carbocycles. The molecule has 0 radical (unpaired) electrons. The molecule has 0 N–H and O–H groups in total. The van der Waals surface area contributed by atoms with Crippen molar-refractivity contribution in [3.05, 3.63) is 28.2 Å². The lowest BCUT2D eigenvalue weighted by Crippen LogP contribution is -2.34. The number of hydrogen-bond donors (Lipinski definition) is 0. The highest BCUT2D eigenvalue weighted by atomic mass is 79.9. The molecule has 0 bridgehead atoms. The zero-order valence-electron chi connectivity index (χ0n) is 13.7. The molecule has 0 aliphatic heterocycles. The lowest BCUT2D eigenvalue weighted by molar-refractivity contribution is 0.0770. The van der Waals surface area contributed by atoms with Gasteiger partial charge in [0.05, 0.1) is 0 Å². The summed E-state index contributed by atoms with van der Waals surface area (Å²) >= 11 is 3.21. The number of carbonyl (C=O) groups excluding carboxylic acids is 1. The lowest BCUT2D eigenvalue weighted by Gasteiger charge is -2.22. The van der Waals surface area contributed by atoms with Crippen LogP contribution in [0.15, 0.2) is 22.7 Å². The molecule has 0 heterocycles. The van der Waals surface area contributed by atoms with Gasteiger partial charge in [-0.3, -0.25) is 8.98 Å². The van der Waals surface area contributed by atoms with Gasteiger partial charge >= 0.3 is 0 Å². The molecular weight excluding hydrogens is 350 g/mol. The molecule has 5 heteroatoms. The SMILES string of the molecule is CCN(CC)C(=O)c1c(Br)cccc1O[S+](C)C(C)(C)C. The van der Waals surface area contributed by atoms with Crippen LogP contribution in [-0.4, -0.2) is 34.9 Å². The summed E-state index contributed by atoms with van der Waals surface area (Å²) in [7, 11) is 0. The maximum absolute atomic E-state index is 12.7. The molecule has 0 saturated carbocycles. The van der Waals surface area contributed by atoms with Gasteiger partial charge in [0.1, 0.15) is 11.8 Å². The normalized spacial score (nSPS) is 12.9. The Morgan fingerprint density at radius 1 is 1.29 bits per heavy atom. The van der Waals surface area contributed by atoms with Gasteiger partial charge in [-0.2, -0.15) is 0 Å². The van der Waals surface area contributed by atoms with E-state index in [0.717, 1.165) is 4.47 Å². The zero-order chi connectivity index (χ0) is 16.2. The first kappa shape index (κ1) is 18.4. The predicted octanol–water partition coefficient (Wildman–Crippen LogP) is 4.27. The lowest BCUT2D eigenvalue weighted by atomic mass is 10.1. The number of rotatable bonds is 5. The largest absolute Gasteiger partial charge is 0.339 e. The Bertz CT molecular complexity index is 496. The second-order valence-corrected chi connectivity index (χ2v) is 8.89. The number of hydrogen-bond acceptors (Lipinski definition) is 2. The molecule has 21 heavy (non-hydrogen) atoms. The molecule has 0 aliphatic carbocycles. The average molecular weight is 375 g/mol. The fraction of sp³-hybridized carbons (Fsp3) is 0.562. The van der Waals surface area contributed by atoms with Gasteiger partial charge < -0.3 is 4.90 Å². The number of benzene rings is 1. The Balaban J connectivity index is 3.17. The van der Waals surface area contributed by atoms with E-state index in [-0.39, 0.29) is 21.8 Å². The molecule has 0 fully saturated rings. The minimum absolute atomic E-state index is 0.00776. The van der Waals surface area contributed by atoms with E-state index in [9.17, 15) is 4.79 Å². The highest BCUT2D eigenvalue weighted by Crippen LogP contribution is 2.31. The van der Waals surface area contributed by atoms with Gasteiger partial charge in [-0.1, -0.05) is 6.07 Å². The van der Waals surface area contributed by atoms with Gasteiger partial charge in [0.25, 0.3) is 5.91 Å². The molecule has 0 spiro atoms. The molecule has 0 saturated heterocycles. The van der Waals surface area contributed by atoms with Crippen LogP contribution in [0.2, 0.25) is 0 Å². The fourth-order valence-corrected chi connectivity index (χ4v) is 2.89. The predicted molar refractivity (Wildman–Crippen MR) is 95.1 cm³/mol. The van der Waals surface area contributed by atoms with Gasteiger partial charge in [0.15, 0.2) is 15.9 Å². The van der Waals surface area contributed by atoms with Crippen LogP contribution in [-0.2, 0) is 11.2 Å². The van der Waals surface area contributed by atoms with Crippen molar-refractivity contribution >= 4 is 33.0 Å². The summed E-state index contributed by atoms with van der Waals surface area (Å²) in [5.74, 6) is 0.662. The summed E-state index contributed by atoms with van der Waals surface area (Å²) in [6.45, 7) is 11.8. The summed E-state index contributed by atoms with van der Waals surface area (Å²) in [5, 5.41) is 0. The first-order valence-corrected chi connectivity index (χ1v) is 9.49. The summed E-state index contributed by atoms with van der Waals surface area (Å²) < 4.78 is 6.92. The van der Waals surface area contributed by atoms with Crippen LogP contribution in [0.3, 0.4) is 0 Å². The van der Waals surface area contributed by atoms with Crippen molar-refractivity contribution in [3.8, 4) is 5.75 Å². The Kier molecular flexibility index (Phi) is 6.60. The van der Waals surface area contributed by atoms with Gasteiger partial charge in [-0.25, -0.2) is 0 Å². The summed E-state index contributed by atoms with van der Waals surface area (Å²) in [4.78, 5) is 14.5. The Labute approximate surface area is 139 Å². The molecule has 1 unspecified atom stereocenters. The highest BCUT2D eigenvalue weighted by Gasteiger charge is 2.35. The quantitative estimate of drug-likeness (QED) is 0.720. The van der Waals surface area contributed by atoms with E-state index in [4.69, 9.17) is 4.18 Å². The fourth-order valence-electron chi connectivity index (χ4n) is 1.71. The minimum Gasteiger partial charge on any atom is -0.339 e. The topological polar surface area (TPSA) is 29.5 Å². The van der Waals surface area contributed by atoms with Crippen LogP contribution in [0.1, 0.15) is 45.0 Å².